The third-order valence-corrected chi connectivity index (χ3v) is 4.91. The number of aromatic nitrogens is 3. The fourth-order valence-corrected chi connectivity index (χ4v) is 3.22. The fraction of sp³-hybridized carbons (Fsp3) is 0.588. The number of nitrogens with zero attached hydrogens (tertiary/aromatic N) is 4. The molecule has 2 aromatic heterocycles. The largest absolute Gasteiger partial charge is 0.338 e. The maximum atomic E-state index is 12.8. The number of amides is 1. The van der Waals surface area contributed by atoms with E-state index in [0.717, 1.165) is 44.1 Å². The van der Waals surface area contributed by atoms with Crippen molar-refractivity contribution in [2.75, 3.05) is 19.6 Å². The van der Waals surface area contributed by atoms with Crippen LogP contribution in [0, 0.1) is 12.8 Å². The minimum atomic E-state index is 0.0544. The molecule has 0 spiro atoms. The van der Waals surface area contributed by atoms with Crippen molar-refractivity contribution in [2.24, 2.45) is 5.92 Å². The molecular formula is C17H23N5O. The minimum Gasteiger partial charge on any atom is -0.338 e. The Morgan fingerprint density at radius 3 is 2.83 bits per heavy atom. The molecule has 2 aliphatic rings. The zero-order valence-corrected chi connectivity index (χ0v) is 13.5. The van der Waals surface area contributed by atoms with E-state index in [4.69, 9.17) is 0 Å². The van der Waals surface area contributed by atoms with Crippen molar-refractivity contribution in [1.82, 2.24) is 24.8 Å². The van der Waals surface area contributed by atoms with Gasteiger partial charge >= 0.3 is 0 Å². The summed E-state index contributed by atoms with van der Waals surface area (Å²) in [5, 5.41) is 7.89. The van der Waals surface area contributed by atoms with Gasteiger partial charge < -0.3 is 10.2 Å². The van der Waals surface area contributed by atoms with Crippen LogP contribution in [0.5, 0.6) is 0 Å². The van der Waals surface area contributed by atoms with Crippen LogP contribution >= 0.6 is 0 Å². The summed E-state index contributed by atoms with van der Waals surface area (Å²) < 4.78 is 1.67. The van der Waals surface area contributed by atoms with E-state index < -0.39 is 0 Å². The lowest BCUT2D eigenvalue weighted by Gasteiger charge is -2.32. The van der Waals surface area contributed by atoms with Gasteiger partial charge in [0.25, 0.3) is 5.91 Å². The first kappa shape index (κ1) is 14.6. The van der Waals surface area contributed by atoms with Crippen LogP contribution in [-0.4, -0.2) is 51.1 Å². The molecule has 1 saturated heterocycles. The standard InChI is InChI=1S/C17H23N5O/c1-12-4-9-22-16(20-12)15(11-19-22)17(23)21-7-5-14(6-8-21)18-10-13-2-3-13/h4,9,11,13-14,18H,2-3,5-8,10H2,1H3. The Morgan fingerprint density at radius 2 is 2.09 bits per heavy atom. The lowest BCUT2D eigenvalue weighted by Crippen LogP contribution is -2.45. The number of carbonyl (C=O) groups excluding carboxylic acids is 1. The number of piperidine rings is 1. The maximum absolute atomic E-state index is 12.8. The Balaban J connectivity index is 1.41. The van der Waals surface area contributed by atoms with Crippen molar-refractivity contribution in [3.8, 4) is 0 Å². The Morgan fingerprint density at radius 1 is 1.30 bits per heavy atom. The zero-order valence-electron chi connectivity index (χ0n) is 13.5. The smallest absolute Gasteiger partial charge is 0.259 e. The molecule has 6 nitrogen and oxygen atoms in total. The summed E-state index contributed by atoms with van der Waals surface area (Å²) >= 11 is 0. The average Bonchev–Trinajstić information content (AvgIpc) is 3.31. The average molecular weight is 313 g/mol. The van der Waals surface area contributed by atoms with Crippen LogP contribution in [0.25, 0.3) is 5.65 Å². The highest BCUT2D eigenvalue weighted by Gasteiger charge is 2.27. The third-order valence-electron chi connectivity index (χ3n) is 4.91. The highest BCUT2D eigenvalue weighted by Crippen LogP contribution is 2.28. The van der Waals surface area contributed by atoms with Gasteiger partial charge in [-0.1, -0.05) is 0 Å². The van der Waals surface area contributed by atoms with E-state index in [-0.39, 0.29) is 5.91 Å². The summed E-state index contributed by atoms with van der Waals surface area (Å²) in [5.74, 6) is 0.960. The molecule has 4 rings (SSSR count). The number of fused-ring (bicyclic) bond motifs is 1. The topological polar surface area (TPSA) is 62.5 Å². The Hall–Kier alpha value is -1.95. The molecule has 1 saturated carbocycles. The second-order valence-corrected chi connectivity index (χ2v) is 6.81. The number of aryl methyl sites for hydroxylation is 1. The number of hydrogen-bond acceptors (Lipinski definition) is 4. The van der Waals surface area contributed by atoms with E-state index in [1.54, 1.807) is 10.7 Å². The molecule has 1 aliphatic heterocycles. The van der Waals surface area contributed by atoms with Crippen molar-refractivity contribution in [3.05, 3.63) is 29.7 Å². The van der Waals surface area contributed by atoms with Gasteiger partial charge in [-0.25, -0.2) is 9.50 Å². The second-order valence-electron chi connectivity index (χ2n) is 6.81. The van der Waals surface area contributed by atoms with Gasteiger partial charge in [0, 0.05) is 31.0 Å². The van der Waals surface area contributed by atoms with E-state index in [2.05, 4.69) is 15.4 Å². The van der Waals surface area contributed by atoms with Crippen LogP contribution in [0.3, 0.4) is 0 Å². The van der Waals surface area contributed by atoms with Gasteiger partial charge in [0.05, 0.1) is 6.20 Å². The fourth-order valence-electron chi connectivity index (χ4n) is 3.22. The quantitative estimate of drug-likeness (QED) is 0.932. The molecule has 1 amide bonds. The van der Waals surface area contributed by atoms with Crippen molar-refractivity contribution >= 4 is 11.6 Å². The SMILES string of the molecule is Cc1ccn2ncc(C(=O)N3CCC(NCC4CC4)CC3)c2n1. The van der Waals surface area contributed by atoms with E-state index in [9.17, 15) is 4.79 Å². The molecule has 6 heteroatoms. The Kier molecular flexibility index (Phi) is 3.77. The van der Waals surface area contributed by atoms with Crippen molar-refractivity contribution in [3.63, 3.8) is 0 Å². The molecule has 2 aromatic rings. The molecule has 0 unspecified atom stereocenters. The van der Waals surface area contributed by atoms with Crippen LogP contribution in [0.2, 0.25) is 0 Å². The number of carbonyl (C=O) groups is 1. The van der Waals surface area contributed by atoms with Crippen LogP contribution < -0.4 is 5.32 Å². The number of hydrogen-bond donors (Lipinski definition) is 1. The van der Waals surface area contributed by atoms with Gasteiger partial charge in [-0.15, -0.1) is 0 Å². The van der Waals surface area contributed by atoms with Crippen LogP contribution in [0.15, 0.2) is 18.5 Å². The van der Waals surface area contributed by atoms with Gasteiger partial charge in [0.2, 0.25) is 0 Å². The van der Waals surface area contributed by atoms with E-state index in [0.29, 0.717) is 17.3 Å². The highest BCUT2D eigenvalue weighted by molar-refractivity contribution is 5.99. The molecule has 1 aliphatic carbocycles. The predicted molar refractivity (Wildman–Crippen MR) is 87.4 cm³/mol. The number of rotatable bonds is 4. The maximum Gasteiger partial charge on any atom is 0.259 e. The highest BCUT2D eigenvalue weighted by atomic mass is 16.2. The number of likely N-dealkylation sites (tertiary alicyclic amines) is 1. The van der Waals surface area contributed by atoms with Gasteiger partial charge in [0.15, 0.2) is 5.65 Å². The molecule has 23 heavy (non-hydrogen) atoms. The first-order valence-electron chi connectivity index (χ1n) is 8.54. The summed E-state index contributed by atoms with van der Waals surface area (Å²) in [6, 6.07) is 2.45. The summed E-state index contributed by atoms with van der Waals surface area (Å²) in [7, 11) is 0. The molecule has 0 bridgehead atoms. The van der Waals surface area contributed by atoms with Crippen molar-refractivity contribution < 1.29 is 4.79 Å². The summed E-state index contributed by atoms with van der Waals surface area (Å²) in [6.45, 7) is 4.70. The third kappa shape index (κ3) is 3.08. The van der Waals surface area contributed by atoms with Crippen LogP contribution in [-0.2, 0) is 0 Å². The van der Waals surface area contributed by atoms with E-state index >= 15 is 0 Å². The minimum absolute atomic E-state index is 0.0544. The first-order chi connectivity index (χ1) is 11.2. The van der Waals surface area contributed by atoms with Gasteiger partial charge in [0.1, 0.15) is 5.56 Å². The van der Waals surface area contributed by atoms with Crippen LogP contribution in [0.4, 0.5) is 0 Å². The summed E-state index contributed by atoms with van der Waals surface area (Å²) in [5.41, 5.74) is 2.16. The second kappa shape index (κ2) is 5.92. The molecule has 3 heterocycles. The predicted octanol–water partition coefficient (Wildman–Crippen LogP) is 1.64. The lowest BCUT2D eigenvalue weighted by molar-refractivity contribution is 0.0706. The molecule has 0 radical (unpaired) electrons. The zero-order chi connectivity index (χ0) is 15.8. The Labute approximate surface area is 135 Å². The van der Waals surface area contributed by atoms with Crippen molar-refractivity contribution in [2.45, 2.75) is 38.6 Å². The monoisotopic (exact) mass is 313 g/mol. The molecule has 0 aromatic carbocycles. The van der Waals surface area contributed by atoms with E-state index in [1.807, 2.05) is 24.1 Å². The van der Waals surface area contributed by atoms with E-state index in [1.165, 1.54) is 12.8 Å². The lowest BCUT2D eigenvalue weighted by atomic mass is 10.0. The molecule has 2 fully saturated rings. The summed E-state index contributed by atoms with van der Waals surface area (Å²) in [4.78, 5) is 19.2. The summed E-state index contributed by atoms with van der Waals surface area (Å²) in [6.07, 6.45) is 8.31. The first-order valence-corrected chi connectivity index (χ1v) is 8.54. The molecule has 122 valence electrons. The molecule has 0 atom stereocenters. The molecule has 1 N–H and O–H groups in total. The van der Waals surface area contributed by atoms with Gasteiger partial charge in [-0.05, 0) is 51.1 Å². The van der Waals surface area contributed by atoms with Gasteiger partial charge in [-0.2, -0.15) is 5.10 Å². The Bertz CT molecular complexity index is 713. The number of nitrogens with one attached hydrogen (secondary N) is 1. The van der Waals surface area contributed by atoms with Gasteiger partial charge in [-0.3, -0.25) is 4.79 Å². The normalized spacial score (nSPS) is 19.4. The molecular weight excluding hydrogens is 290 g/mol. The van der Waals surface area contributed by atoms with Crippen LogP contribution in [0.1, 0.15) is 41.7 Å². The van der Waals surface area contributed by atoms with Crippen molar-refractivity contribution in [1.29, 1.82) is 0 Å².